The van der Waals surface area contributed by atoms with E-state index in [2.05, 4.69) is 19.2 Å². The van der Waals surface area contributed by atoms with Gasteiger partial charge >= 0.3 is 0 Å². The summed E-state index contributed by atoms with van der Waals surface area (Å²) >= 11 is 6.02. The van der Waals surface area contributed by atoms with Crippen LogP contribution in [0, 0.1) is 5.92 Å². The summed E-state index contributed by atoms with van der Waals surface area (Å²) in [7, 11) is 0. The van der Waals surface area contributed by atoms with Gasteiger partial charge in [0.1, 0.15) is 0 Å². The molecule has 1 fully saturated rings. The fraction of sp³-hybridized carbons (Fsp3) is 0.533. The van der Waals surface area contributed by atoms with Crippen LogP contribution in [0.3, 0.4) is 0 Å². The molecule has 0 saturated carbocycles. The summed E-state index contributed by atoms with van der Waals surface area (Å²) in [4.78, 5) is 12.8. The first-order valence-corrected chi connectivity index (χ1v) is 7.17. The molecule has 1 heterocycles. The highest BCUT2D eigenvalue weighted by atomic mass is 35.5. The number of carbonyl (C=O) groups excluding carboxylic acids is 1. The molecule has 0 radical (unpaired) electrons. The standard InChI is InChI=1S/C15H21ClN2O/c1-10(2)9-15(6-3-7-18-15)14(19)11-4-5-13(17)12(16)8-11/h4-5,8,10,18H,3,6-7,9,17H2,1-2H3/t15-/m0/s1. The first-order chi connectivity index (χ1) is 8.94. The van der Waals surface area contributed by atoms with E-state index in [1.54, 1.807) is 18.2 Å². The van der Waals surface area contributed by atoms with E-state index in [-0.39, 0.29) is 5.78 Å². The molecular weight excluding hydrogens is 260 g/mol. The largest absolute Gasteiger partial charge is 0.398 e. The van der Waals surface area contributed by atoms with Crippen LogP contribution in [0.2, 0.25) is 5.02 Å². The molecule has 1 aromatic rings. The number of halogens is 1. The van der Waals surface area contributed by atoms with Gasteiger partial charge in [-0.2, -0.15) is 0 Å². The minimum Gasteiger partial charge on any atom is -0.398 e. The van der Waals surface area contributed by atoms with E-state index in [0.29, 0.717) is 22.2 Å². The van der Waals surface area contributed by atoms with Crippen LogP contribution in [0.25, 0.3) is 0 Å². The number of ketones is 1. The van der Waals surface area contributed by atoms with Gasteiger partial charge in [-0.1, -0.05) is 25.4 Å². The predicted molar refractivity (Wildman–Crippen MR) is 79.6 cm³/mol. The van der Waals surface area contributed by atoms with Gasteiger partial charge in [-0.25, -0.2) is 0 Å². The second-order valence-electron chi connectivity index (χ2n) is 5.78. The normalized spacial score (nSPS) is 22.9. The molecule has 2 rings (SSSR count). The zero-order valence-corrected chi connectivity index (χ0v) is 12.3. The van der Waals surface area contributed by atoms with Crippen LogP contribution in [0.5, 0.6) is 0 Å². The number of nitrogen functional groups attached to an aromatic ring is 1. The molecule has 0 amide bonds. The van der Waals surface area contributed by atoms with Crippen molar-refractivity contribution in [2.24, 2.45) is 5.92 Å². The van der Waals surface area contributed by atoms with Crippen molar-refractivity contribution in [2.45, 2.75) is 38.6 Å². The van der Waals surface area contributed by atoms with Crippen molar-refractivity contribution in [3.63, 3.8) is 0 Å². The summed E-state index contributed by atoms with van der Waals surface area (Å²) in [5.41, 5.74) is 6.43. The molecule has 1 aromatic carbocycles. The molecule has 0 spiro atoms. The van der Waals surface area contributed by atoms with E-state index in [1.807, 2.05) is 0 Å². The van der Waals surface area contributed by atoms with Crippen LogP contribution >= 0.6 is 11.6 Å². The first kappa shape index (κ1) is 14.4. The average molecular weight is 281 g/mol. The Morgan fingerprint density at radius 2 is 2.26 bits per heavy atom. The number of Topliss-reactive ketones (excluding diaryl/α,β-unsaturated/α-hetero) is 1. The van der Waals surface area contributed by atoms with Crippen molar-refractivity contribution in [3.8, 4) is 0 Å². The van der Waals surface area contributed by atoms with Crippen LogP contribution < -0.4 is 11.1 Å². The van der Waals surface area contributed by atoms with Gasteiger partial charge in [0.15, 0.2) is 5.78 Å². The zero-order valence-electron chi connectivity index (χ0n) is 11.5. The van der Waals surface area contributed by atoms with Gasteiger partial charge in [-0.15, -0.1) is 0 Å². The van der Waals surface area contributed by atoms with Crippen molar-refractivity contribution >= 4 is 23.1 Å². The number of rotatable bonds is 4. The van der Waals surface area contributed by atoms with Crippen molar-refractivity contribution in [2.75, 3.05) is 12.3 Å². The molecule has 3 nitrogen and oxygen atoms in total. The fourth-order valence-electron chi connectivity index (χ4n) is 2.91. The van der Waals surface area contributed by atoms with Crippen LogP contribution in [-0.4, -0.2) is 17.9 Å². The minimum atomic E-state index is -0.423. The highest BCUT2D eigenvalue weighted by Crippen LogP contribution is 2.32. The van der Waals surface area contributed by atoms with Gasteiger partial charge in [-0.3, -0.25) is 4.79 Å². The molecule has 0 bridgehead atoms. The quantitative estimate of drug-likeness (QED) is 0.657. The van der Waals surface area contributed by atoms with Gasteiger partial charge in [0.2, 0.25) is 0 Å². The van der Waals surface area contributed by atoms with Crippen LogP contribution in [0.4, 0.5) is 5.69 Å². The van der Waals surface area contributed by atoms with Gasteiger partial charge in [0.25, 0.3) is 0 Å². The summed E-state index contributed by atoms with van der Waals surface area (Å²) in [5, 5.41) is 3.86. The molecule has 3 N–H and O–H groups in total. The zero-order chi connectivity index (χ0) is 14.0. The molecule has 1 aliphatic rings. The summed E-state index contributed by atoms with van der Waals surface area (Å²) in [6.45, 7) is 5.19. The summed E-state index contributed by atoms with van der Waals surface area (Å²) in [5.74, 6) is 0.611. The smallest absolute Gasteiger partial charge is 0.182 e. The molecule has 0 aliphatic carbocycles. The van der Waals surface area contributed by atoms with Crippen molar-refractivity contribution in [1.29, 1.82) is 0 Å². The predicted octanol–water partition coefficient (Wildman–Crippen LogP) is 3.27. The summed E-state index contributed by atoms with van der Waals surface area (Å²) < 4.78 is 0. The Kier molecular flexibility index (Phi) is 4.16. The third-order valence-corrected chi connectivity index (χ3v) is 4.03. The third-order valence-electron chi connectivity index (χ3n) is 3.70. The molecule has 0 aromatic heterocycles. The Morgan fingerprint density at radius 3 is 2.79 bits per heavy atom. The van der Waals surface area contributed by atoms with Crippen LogP contribution in [0.15, 0.2) is 18.2 Å². The van der Waals surface area contributed by atoms with Gasteiger partial charge in [0, 0.05) is 5.56 Å². The Morgan fingerprint density at radius 1 is 1.53 bits per heavy atom. The number of hydrogen-bond acceptors (Lipinski definition) is 3. The molecule has 1 atom stereocenters. The van der Waals surface area contributed by atoms with Gasteiger partial charge < -0.3 is 11.1 Å². The molecule has 104 valence electrons. The molecule has 1 aliphatic heterocycles. The first-order valence-electron chi connectivity index (χ1n) is 6.79. The maximum Gasteiger partial charge on any atom is 0.182 e. The van der Waals surface area contributed by atoms with Crippen LogP contribution in [0.1, 0.15) is 43.5 Å². The van der Waals surface area contributed by atoms with E-state index in [4.69, 9.17) is 17.3 Å². The second-order valence-corrected chi connectivity index (χ2v) is 6.18. The summed E-state index contributed by atoms with van der Waals surface area (Å²) in [6.07, 6.45) is 2.79. The topological polar surface area (TPSA) is 55.1 Å². The third kappa shape index (κ3) is 2.93. The second kappa shape index (κ2) is 5.51. The summed E-state index contributed by atoms with van der Waals surface area (Å²) in [6, 6.07) is 5.15. The number of nitrogens with two attached hydrogens (primary N) is 1. The highest BCUT2D eigenvalue weighted by molar-refractivity contribution is 6.33. The lowest BCUT2D eigenvalue weighted by molar-refractivity contribution is 0.0844. The molecule has 4 heteroatoms. The van der Waals surface area contributed by atoms with E-state index in [9.17, 15) is 4.79 Å². The number of anilines is 1. The lowest BCUT2D eigenvalue weighted by atomic mass is 9.81. The van der Waals surface area contributed by atoms with Gasteiger partial charge in [-0.05, 0) is 49.9 Å². The fourth-order valence-corrected chi connectivity index (χ4v) is 3.09. The maximum absolute atomic E-state index is 12.8. The number of benzene rings is 1. The minimum absolute atomic E-state index is 0.139. The molecular formula is C15H21ClN2O. The van der Waals surface area contributed by atoms with E-state index < -0.39 is 5.54 Å². The van der Waals surface area contributed by atoms with Gasteiger partial charge in [0.05, 0.1) is 16.2 Å². The van der Waals surface area contributed by atoms with Crippen molar-refractivity contribution < 1.29 is 4.79 Å². The Balaban J connectivity index is 2.31. The lowest BCUT2D eigenvalue weighted by Crippen LogP contribution is -2.48. The monoisotopic (exact) mass is 280 g/mol. The molecule has 19 heavy (non-hydrogen) atoms. The molecule has 1 saturated heterocycles. The maximum atomic E-state index is 12.8. The van der Waals surface area contributed by atoms with Crippen molar-refractivity contribution in [1.82, 2.24) is 5.32 Å². The van der Waals surface area contributed by atoms with E-state index in [1.165, 1.54) is 0 Å². The number of hydrogen-bond donors (Lipinski definition) is 2. The SMILES string of the molecule is CC(C)C[C@]1(C(=O)c2ccc(N)c(Cl)c2)CCCN1. The molecule has 0 unspecified atom stereocenters. The van der Waals surface area contributed by atoms with E-state index >= 15 is 0 Å². The Bertz CT molecular complexity index is 479. The highest BCUT2D eigenvalue weighted by Gasteiger charge is 2.41. The Labute approximate surface area is 119 Å². The Hall–Kier alpha value is -1.06. The van der Waals surface area contributed by atoms with E-state index in [0.717, 1.165) is 25.8 Å². The average Bonchev–Trinajstić information content (AvgIpc) is 2.80. The number of carbonyl (C=O) groups is 1. The van der Waals surface area contributed by atoms with Crippen molar-refractivity contribution in [3.05, 3.63) is 28.8 Å². The number of nitrogens with one attached hydrogen (secondary N) is 1. The lowest BCUT2D eigenvalue weighted by Gasteiger charge is -2.30. The van der Waals surface area contributed by atoms with Crippen LogP contribution in [-0.2, 0) is 0 Å².